The van der Waals surface area contributed by atoms with Crippen LogP contribution in [-0.2, 0) is 0 Å². The molecule has 0 radical (unpaired) electrons. The van der Waals surface area contributed by atoms with Gasteiger partial charge in [0.05, 0.1) is 50.2 Å². The molecular weight excluding hydrogens is 729 g/mol. The van der Waals surface area contributed by atoms with E-state index in [0.29, 0.717) is 0 Å². The van der Waals surface area contributed by atoms with Crippen molar-refractivity contribution in [1.29, 1.82) is 0 Å². The van der Waals surface area contributed by atoms with Crippen LogP contribution in [0.4, 0.5) is 0 Å². The van der Waals surface area contributed by atoms with E-state index in [4.69, 9.17) is 9.97 Å². The van der Waals surface area contributed by atoms with Gasteiger partial charge in [0.15, 0.2) is 0 Å². The number of hydrogen-bond donors (Lipinski definition) is 0. The maximum absolute atomic E-state index is 5.40. The van der Waals surface area contributed by atoms with E-state index in [-0.39, 0.29) is 0 Å². The standard InChI is InChI=1S/C56H34N4/c1-2-19-39-35(15-1)32-47(41-21-4-3-20-40(39)41)56-55(57-48-25-8-9-26-49(48)58-56)37-17-13-18-38(31-37)59-50-27-10-7-24-44(50)46-34-45-36(33-54(46)59)16-14-30-53(45)60-51-28-11-5-22-42(51)43-23-6-12-29-52(43)60/h1-34H. The highest BCUT2D eigenvalue weighted by Gasteiger charge is 2.21. The van der Waals surface area contributed by atoms with Crippen molar-refractivity contribution in [3.8, 4) is 33.9 Å². The highest BCUT2D eigenvalue weighted by atomic mass is 15.0. The lowest BCUT2D eigenvalue weighted by Gasteiger charge is -2.16. The van der Waals surface area contributed by atoms with Crippen molar-refractivity contribution in [3.63, 3.8) is 0 Å². The molecular formula is C56H34N4. The highest BCUT2D eigenvalue weighted by Crippen LogP contribution is 2.42. The van der Waals surface area contributed by atoms with Crippen LogP contribution in [0, 0.1) is 0 Å². The van der Waals surface area contributed by atoms with E-state index < -0.39 is 0 Å². The molecule has 4 nitrogen and oxygen atoms in total. The summed E-state index contributed by atoms with van der Waals surface area (Å²) in [5.74, 6) is 0. The van der Waals surface area contributed by atoms with Crippen LogP contribution >= 0.6 is 0 Å². The average molecular weight is 763 g/mol. The minimum Gasteiger partial charge on any atom is -0.309 e. The fraction of sp³-hybridized carbons (Fsp3) is 0. The number of aromatic nitrogens is 4. The molecule has 0 saturated heterocycles. The lowest BCUT2D eigenvalue weighted by atomic mass is 9.93. The number of fused-ring (bicyclic) bond motifs is 11. The van der Waals surface area contributed by atoms with Gasteiger partial charge in [-0.1, -0.05) is 140 Å². The Balaban J connectivity index is 1.05. The summed E-state index contributed by atoms with van der Waals surface area (Å²) in [5.41, 5.74) is 12.5. The lowest BCUT2D eigenvalue weighted by Crippen LogP contribution is -1.99. The summed E-state index contributed by atoms with van der Waals surface area (Å²) in [6.45, 7) is 0. The van der Waals surface area contributed by atoms with Crippen LogP contribution in [0.15, 0.2) is 206 Å². The molecule has 0 saturated carbocycles. The van der Waals surface area contributed by atoms with Crippen LogP contribution in [0.5, 0.6) is 0 Å². The van der Waals surface area contributed by atoms with Gasteiger partial charge in [0.1, 0.15) is 0 Å². The third-order valence-electron chi connectivity index (χ3n) is 12.4. The Bertz CT molecular complexity index is 3850. The SMILES string of the molecule is c1cc(-c2nc3ccccc3nc2-c2cc3ccccc3c3ccccc23)cc(-n2c3ccccc3c3cc4c(-n5c6ccccc6c6ccccc65)cccc4cc32)c1. The molecule has 0 aliphatic heterocycles. The summed E-state index contributed by atoms with van der Waals surface area (Å²) in [6, 6.07) is 74.4. The Kier molecular flexibility index (Phi) is 6.98. The van der Waals surface area contributed by atoms with Crippen molar-refractivity contribution < 1.29 is 0 Å². The molecule has 60 heavy (non-hydrogen) atoms. The van der Waals surface area contributed by atoms with Crippen molar-refractivity contribution in [3.05, 3.63) is 206 Å². The van der Waals surface area contributed by atoms with Gasteiger partial charge in [-0.05, 0) is 93.7 Å². The van der Waals surface area contributed by atoms with Gasteiger partial charge >= 0.3 is 0 Å². The van der Waals surface area contributed by atoms with Crippen molar-refractivity contribution in [2.45, 2.75) is 0 Å². The first kappa shape index (κ1) is 32.9. The van der Waals surface area contributed by atoms with Gasteiger partial charge in [-0.2, -0.15) is 0 Å². The molecule has 0 aliphatic rings. The quantitative estimate of drug-likeness (QED) is 0.167. The average Bonchev–Trinajstić information content (AvgIpc) is 3.82. The Morgan fingerprint density at radius 3 is 1.57 bits per heavy atom. The smallest absolute Gasteiger partial charge is 0.0979 e. The zero-order valence-corrected chi connectivity index (χ0v) is 32.4. The topological polar surface area (TPSA) is 35.6 Å². The van der Waals surface area contributed by atoms with Gasteiger partial charge in [-0.15, -0.1) is 0 Å². The van der Waals surface area contributed by atoms with Crippen LogP contribution < -0.4 is 0 Å². The first-order valence-corrected chi connectivity index (χ1v) is 20.5. The second kappa shape index (κ2) is 12.7. The predicted octanol–water partition coefficient (Wildman–Crippen LogP) is 14.6. The molecule has 0 spiro atoms. The summed E-state index contributed by atoms with van der Waals surface area (Å²) >= 11 is 0. The van der Waals surface area contributed by atoms with Gasteiger partial charge in [0, 0.05) is 43.7 Å². The van der Waals surface area contributed by atoms with Crippen LogP contribution in [0.3, 0.4) is 0 Å². The molecule has 0 bridgehead atoms. The van der Waals surface area contributed by atoms with E-state index >= 15 is 0 Å². The van der Waals surface area contributed by atoms with Crippen molar-refractivity contribution in [2.24, 2.45) is 0 Å². The fourth-order valence-corrected chi connectivity index (χ4v) is 9.81. The first-order valence-electron chi connectivity index (χ1n) is 20.5. The fourth-order valence-electron chi connectivity index (χ4n) is 9.81. The van der Waals surface area contributed by atoms with Gasteiger partial charge in [-0.3, -0.25) is 0 Å². The summed E-state index contributed by atoms with van der Waals surface area (Å²) in [6.07, 6.45) is 0. The van der Waals surface area contributed by atoms with Crippen molar-refractivity contribution in [1.82, 2.24) is 19.1 Å². The zero-order valence-electron chi connectivity index (χ0n) is 32.4. The molecule has 0 aliphatic carbocycles. The maximum Gasteiger partial charge on any atom is 0.0979 e. The van der Waals surface area contributed by atoms with Crippen LogP contribution in [0.25, 0.3) is 121 Å². The summed E-state index contributed by atoms with van der Waals surface area (Å²) in [7, 11) is 0. The first-order chi connectivity index (χ1) is 29.8. The second-order valence-corrected chi connectivity index (χ2v) is 15.7. The largest absolute Gasteiger partial charge is 0.309 e. The zero-order chi connectivity index (χ0) is 39.3. The number of nitrogens with zero attached hydrogens (tertiary/aromatic N) is 4. The number of para-hydroxylation sites is 5. The molecule has 4 heteroatoms. The van der Waals surface area contributed by atoms with E-state index in [1.54, 1.807) is 0 Å². The summed E-state index contributed by atoms with van der Waals surface area (Å²) in [5, 5.41) is 12.1. The normalized spacial score (nSPS) is 12.0. The van der Waals surface area contributed by atoms with Gasteiger partial charge < -0.3 is 9.13 Å². The predicted molar refractivity (Wildman–Crippen MR) is 252 cm³/mol. The van der Waals surface area contributed by atoms with E-state index in [1.165, 1.54) is 65.2 Å². The maximum atomic E-state index is 5.40. The molecule has 0 N–H and O–H groups in total. The minimum atomic E-state index is 0.859. The Labute approximate surface area is 344 Å². The molecule has 0 unspecified atom stereocenters. The van der Waals surface area contributed by atoms with Gasteiger partial charge in [0.2, 0.25) is 0 Å². The van der Waals surface area contributed by atoms with Crippen molar-refractivity contribution in [2.75, 3.05) is 0 Å². The number of rotatable bonds is 4. The molecule has 278 valence electrons. The van der Waals surface area contributed by atoms with E-state index in [2.05, 4.69) is 203 Å². The third kappa shape index (κ3) is 4.79. The summed E-state index contributed by atoms with van der Waals surface area (Å²) < 4.78 is 4.85. The summed E-state index contributed by atoms with van der Waals surface area (Å²) in [4.78, 5) is 10.8. The molecule has 10 aromatic carbocycles. The van der Waals surface area contributed by atoms with Gasteiger partial charge in [0.25, 0.3) is 0 Å². The van der Waals surface area contributed by atoms with Crippen LogP contribution in [0.2, 0.25) is 0 Å². The van der Waals surface area contributed by atoms with Gasteiger partial charge in [-0.25, -0.2) is 9.97 Å². The molecule has 0 amide bonds. The Morgan fingerprint density at radius 1 is 0.300 bits per heavy atom. The molecule has 13 aromatic rings. The van der Waals surface area contributed by atoms with Crippen molar-refractivity contribution >= 4 is 87.0 Å². The minimum absolute atomic E-state index is 0.859. The Morgan fingerprint density at radius 2 is 0.833 bits per heavy atom. The molecule has 0 atom stereocenters. The van der Waals surface area contributed by atoms with Crippen LogP contribution in [0.1, 0.15) is 0 Å². The third-order valence-corrected chi connectivity index (χ3v) is 12.4. The number of hydrogen-bond acceptors (Lipinski definition) is 2. The second-order valence-electron chi connectivity index (χ2n) is 15.7. The highest BCUT2D eigenvalue weighted by molar-refractivity contribution is 6.17. The molecule has 3 heterocycles. The molecule has 0 fully saturated rings. The monoisotopic (exact) mass is 762 g/mol. The number of benzene rings is 10. The molecule has 3 aromatic heterocycles. The van der Waals surface area contributed by atoms with E-state index in [0.717, 1.165) is 55.7 Å². The van der Waals surface area contributed by atoms with E-state index in [1.807, 2.05) is 12.1 Å². The van der Waals surface area contributed by atoms with Crippen LogP contribution in [-0.4, -0.2) is 19.1 Å². The van der Waals surface area contributed by atoms with E-state index in [9.17, 15) is 0 Å². The Hall–Kier alpha value is -8.08. The molecule has 13 rings (SSSR count). The lowest BCUT2D eigenvalue weighted by molar-refractivity contribution is 1.18.